The Kier molecular flexibility index (Phi) is 4.09. The number of esters is 1. The molecule has 2 rings (SSSR count). The van der Waals surface area contributed by atoms with Crippen LogP contribution >= 0.6 is 0 Å². The Morgan fingerprint density at radius 1 is 1.05 bits per heavy atom. The second kappa shape index (κ2) is 6.18. The lowest BCUT2D eigenvalue weighted by molar-refractivity contribution is -0.128. The van der Waals surface area contributed by atoms with E-state index in [1.54, 1.807) is 30.3 Å². The smallest absolute Gasteiger partial charge is 0.336 e. The van der Waals surface area contributed by atoms with E-state index >= 15 is 0 Å². The van der Waals surface area contributed by atoms with Crippen LogP contribution in [0.4, 0.5) is 0 Å². The zero-order chi connectivity index (χ0) is 13.5. The zero-order valence-electron chi connectivity index (χ0n) is 10.1. The van der Waals surface area contributed by atoms with E-state index < -0.39 is 5.97 Å². The van der Waals surface area contributed by atoms with Gasteiger partial charge in [0.1, 0.15) is 11.8 Å². The minimum Gasteiger partial charge on any atom is -0.422 e. The number of carbonyl (C=O) groups is 1. The lowest BCUT2D eigenvalue weighted by atomic mass is 10.2. The van der Waals surface area contributed by atoms with Gasteiger partial charge in [0.15, 0.2) is 0 Å². The van der Waals surface area contributed by atoms with E-state index in [4.69, 9.17) is 10.00 Å². The molecule has 0 saturated carbocycles. The lowest BCUT2D eigenvalue weighted by Gasteiger charge is -2.02. The Balaban J connectivity index is 2.06. The Morgan fingerprint density at radius 3 is 2.47 bits per heavy atom. The molecule has 0 aliphatic heterocycles. The topological polar surface area (TPSA) is 50.1 Å². The van der Waals surface area contributed by atoms with Gasteiger partial charge in [-0.15, -0.1) is 0 Å². The van der Waals surface area contributed by atoms with E-state index in [1.807, 2.05) is 36.4 Å². The molecule has 0 unspecified atom stereocenters. The molecule has 0 bridgehead atoms. The van der Waals surface area contributed by atoms with Crippen LogP contribution < -0.4 is 4.74 Å². The van der Waals surface area contributed by atoms with Crippen molar-refractivity contribution in [3.8, 4) is 11.8 Å². The van der Waals surface area contributed by atoms with Crippen LogP contribution in [0.25, 0.3) is 6.08 Å². The fourth-order valence-corrected chi connectivity index (χ4v) is 1.52. The number of ether oxygens (including phenoxy) is 1. The summed E-state index contributed by atoms with van der Waals surface area (Å²) in [5.74, 6) is -0.237. The maximum Gasteiger partial charge on any atom is 0.336 e. The third-order valence-electron chi connectivity index (χ3n) is 2.43. The number of rotatable bonds is 3. The molecule has 2 aromatic carbocycles. The third kappa shape index (κ3) is 3.55. The van der Waals surface area contributed by atoms with Crippen LogP contribution in [0.5, 0.6) is 5.75 Å². The van der Waals surface area contributed by atoms with Crippen LogP contribution in [0.1, 0.15) is 11.1 Å². The minimum absolute atomic E-state index is 0.271. The first kappa shape index (κ1) is 12.6. The van der Waals surface area contributed by atoms with Crippen molar-refractivity contribution in [1.29, 1.82) is 5.26 Å². The van der Waals surface area contributed by atoms with Crippen LogP contribution in [-0.2, 0) is 4.79 Å². The summed E-state index contributed by atoms with van der Waals surface area (Å²) in [4.78, 5) is 11.6. The summed E-state index contributed by atoms with van der Waals surface area (Å²) in [6, 6.07) is 18.0. The number of benzene rings is 2. The van der Waals surface area contributed by atoms with Crippen molar-refractivity contribution in [3.05, 3.63) is 71.8 Å². The van der Waals surface area contributed by atoms with Gasteiger partial charge in [-0.05, 0) is 23.8 Å². The summed E-state index contributed by atoms with van der Waals surface area (Å²) in [5.41, 5.74) is 1.25. The van der Waals surface area contributed by atoms with Gasteiger partial charge in [0.25, 0.3) is 0 Å². The molecule has 0 aliphatic rings. The van der Waals surface area contributed by atoms with Crippen LogP contribution in [-0.4, -0.2) is 5.97 Å². The van der Waals surface area contributed by atoms with Gasteiger partial charge in [0.2, 0.25) is 0 Å². The number of hydrogen-bond acceptors (Lipinski definition) is 3. The maximum absolute atomic E-state index is 11.6. The Hall–Kier alpha value is -2.86. The lowest BCUT2D eigenvalue weighted by Crippen LogP contribution is -2.04. The average Bonchev–Trinajstić information content (AvgIpc) is 2.47. The number of para-hydroxylation sites is 1. The molecule has 0 aliphatic carbocycles. The molecule has 3 nitrogen and oxygen atoms in total. The molecule has 0 spiro atoms. The fourth-order valence-electron chi connectivity index (χ4n) is 1.52. The van der Waals surface area contributed by atoms with E-state index in [1.165, 1.54) is 6.08 Å². The van der Waals surface area contributed by atoms with E-state index in [9.17, 15) is 4.79 Å². The van der Waals surface area contributed by atoms with Crippen molar-refractivity contribution >= 4 is 12.0 Å². The summed E-state index contributed by atoms with van der Waals surface area (Å²) < 4.78 is 5.11. The van der Waals surface area contributed by atoms with Gasteiger partial charge >= 0.3 is 5.97 Å². The average molecular weight is 249 g/mol. The van der Waals surface area contributed by atoms with Gasteiger partial charge in [-0.1, -0.05) is 42.5 Å². The summed E-state index contributed by atoms with van der Waals surface area (Å²) in [5, 5.41) is 8.88. The van der Waals surface area contributed by atoms with E-state index in [0.717, 1.165) is 5.56 Å². The second-order valence-corrected chi connectivity index (χ2v) is 3.77. The van der Waals surface area contributed by atoms with Gasteiger partial charge in [-0.3, -0.25) is 0 Å². The highest BCUT2D eigenvalue weighted by Gasteiger charge is 2.05. The number of nitriles is 1. The normalized spacial score (nSPS) is 10.1. The monoisotopic (exact) mass is 249 g/mol. The van der Waals surface area contributed by atoms with Gasteiger partial charge in [0.05, 0.1) is 5.56 Å². The Bertz CT molecular complexity index is 639. The van der Waals surface area contributed by atoms with Crippen LogP contribution in [0.2, 0.25) is 0 Å². The van der Waals surface area contributed by atoms with Gasteiger partial charge in [0, 0.05) is 6.08 Å². The first-order chi connectivity index (χ1) is 9.29. The molecule has 2 aromatic rings. The molecule has 0 N–H and O–H groups in total. The van der Waals surface area contributed by atoms with Gasteiger partial charge in [-0.2, -0.15) is 5.26 Å². The summed E-state index contributed by atoms with van der Waals surface area (Å²) in [6.45, 7) is 0. The molecule has 0 amide bonds. The highest BCUT2D eigenvalue weighted by Crippen LogP contribution is 2.16. The van der Waals surface area contributed by atoms with E-state index in [2.05, 4.69) is 0 Å². The molecule has 0 aromatic heterocycles. The van der Waals surface area contributed by atoms with Gasteiger partial charge < -0.3 is 4.74 Å². The molecular formula is C16H11NO2. The molecule has 19 heavy (non-hydrogen) atoms. The Labute approximate surface area is 111 Å². The molecule has 0 saturated heterocycles. The molecule has 0 fully saturated rings. The standard InChI is InChI=1S/C16H11NO2/c17-12-14-8-4-5-9-15(14)19-16(18)11-10-13-6-2-1-3-7-13/h1-11H/b11-10+. The number of carbonyl (C=O) groups excluding carboxylic acids is 1. The molecule has 0 heterocycles. The third-order valence-corrected chi connectivity index (χ3v) is 2.43. The molecule has 0 atom stereocenters. The molecule has 0 radical (unpaired) electrons. The van der Waals surface area contributed by atoms with Crippen molar-refractivity contribution in [1.82, 2.24) is 0 Å². The first-order valence-electron chi connectivity index (χ1n) is 5.73. The van der Waals surface area contributed by atoms with Crippen molar-refractivity contribution in [2.45, 2.75) is 0 Å². The quantitative estimate of drug-likeness (QED) is 0.477. The molecule has 92 valence electrons. The maximum atomic E-state index is 11.6. The Morgan fingerprint density at radius 2 is 1.74 bits per heavy atom. The number of nitrogens with zero attached hydrogens (tertiary/aromatic N) is 1. The van der Waals surface area contributed by atoms with E-state index in [0.29, 0.717) is 5.56 Å². The second-order valence-electron chi connectivity index (χ2n) is 3.77. The zero-order valence-corrected chi connectivity index (χ0v) is 10.1. The van der Waals surface area contributed by atoms with Crippen LogP contribution in [0.15, 0.2) is 60.7 Å². The summed E-state index contributed by atoms with van der Waals surface area (Å²) >= 11 is 0. The minimum atomic E-state index is -0.508. The summed E-state index contributed by atoms with van der Waals surface area (Å²) in [6.07, 6.45) is 3.00. The van der Waals surface area contributed by atoms with Crippen molar-refractivity contribution in [3.63, 3.8) is 0 Å². The molecular weight excluding hydrogens is 238 g/mol. The number of hydrogen-bond donors (Lipinski definition) is 0. The highest BCUT2D eigenvalue weighted by molar-refractivity contribution is 5.89. The highest BCUT2D eigenvalue weighted by atomic mass is 16.5. The first-order valence-corrected chi connectivity index (χ1v) is 5.73. The van der Waals surface area contributed by atoms with Crippen LogP contribution in [0, 0.1) is 11.3 Å². The molecule has 3 heteroatoms. The van der Waals surface area contributed by atoms with Crippen LogP contribution in [0.3, 0.4) is 0 Å². The van der Waals surface area contributed by atoms with Crippen molar-refractivity contribution in [2.24, 2.45) is 0 Å². The SMILES string of the molecule is N#Cc1ccccc1OC(=O)/C=C/c1ccccc1. The predicted octanol–water partition coefficient (Wildman–Crippen LogP) is 3.18. The summed E-state index contributed by atoms with van der Waals surface area (Å²) in [7, 11) is 0. The van der Waals surface area contributed by atoms with Crippen molar-refractivity contribution < 1.29 is 9.53 Å². The van der Waals surface area contributed by atoms with Gasteiger partial charge in [-0.25, -0.2) is 4.79 Å². The predicted molar refractivity (Wildman–Crippen MR) is 72.3 cm³/mol. The fraction of sp³-hybridized carbons (Fsp3) is 0. The van der Waals surface area contributed by atoms with E-state index in [-0.39, 0.29) is 5.75 Å². The van der Waals surface area contributed by atoms with Crippen molar-refractivity contribution in [2.75, 3.05) is 0 Å². The largest absolute Gasteiger partial charge is 0.422 e.